The molecule has 0 aliphatic heterocycles. The Labute approximate surface area is 157 Å². The van der Waals surface area contributed by atoms with E-state index in [4.69, 9.17) is 5.26 Å². The highest BCUT2D eigenvalue weighted by Gasteiger charge is 2.27. The number of halogens is 1. The number of anilines is 2. The van der Waals surface area contributed by atoms with Gasteiger partial charge < -0.3 is 5.32 Å². The highest BCUT2D eigenvalue weighted by Crippen LogP contribution is 2.20. The minimum Gasteiger partial charge on any atom is -0.325 e. The van der Waals surface area contributed by atoms with E-state index in [0.717, 1.165) is 26.3 Å². The number of hydrogen-bond donors (Lipinski definition) is 1. The molecule has 0 unspecified atom stereocenters. The van der Waals surface area contributed by atoms with E-state index in [-0.39, 0.29) is 12.1 Å². The lowest BCUT2D eigenvalue weighted by molar-refractivity contribution is -0.114. The van der Waals surface area contributed by atoms with Crippen molar-refractivity contribution < 1.29 is 17.6 Å². The van der Waals surface area contributed by atoms with Crippen molar-refractivity contribution in [2.45, 2.75) is 6.42 Å². The number of benzene rings is 2. The molecule has 0 radical (unpaired) electrons. The number of nitriles is 1. The van der Waals surface area contributed by atoms with Crippen LogP contribution in [-0.2, 0) is 21.4 Å². The maximum atomic E-state index is 13.2. The second kappa shape index (κ2) is 8.62. The van der Waals surface area contributed by atoms with Crippen LogP contribution in [0.25, 0.3) is 0 Å². The van der Waals surface area contributed by atoms with Crippen molar-refractivity contribution >= 4 is 27.5 Å². The van der Waals surface area contributed by atoms with Gasteiger partial charge in [0.25, 0.3) is 0 Å². The summed E-state index contributed by atoms with van der Waals surface area (Å²) in [6.45, 7) is -0.480. The molecule has 1 N–H and O–H groups in total. The van der Waals surface area contributed by atoms with Gasteiger partial charge in [-0.1, -0.05) is 12.1 Å². The summed E-state index contributed by atoms with van der Waals surface area (Å²) in [7, 11) is -1.27. The zero-order chi connectivity index (χ0) is 20.0. The van der Waals surface area contributed by atoms with Crippen molar-refractivity contribution in [2.75, 3.05) is 30.3 Å². The predicted octanol–water partition coefficient (Wildman–Crippen LogP) is 2.14. The molecule has 2 aromatic rings. The Bertz CT molecular complexity index is 936. The summed E-state index contributed by atoms with van der Waals surface area (Å²) >= 11 is 0. The molecule has 0 aliphatic rings. The third-order valence-corrected chi connectivity index (χ3v) is 5.48. The lowest BCUT2D eigenvalue weighted by atomic mass is 10.1. The molecular formula is C18H19FN4O3S. The van der Waals surface area contributed by atoms with Crippen LogP contribution in [0.3, 0.4) is 0 Å². The topological polar surface area (TPSA) is 93.5 Å². The Morgan fingerprint density at radius 1 is 1.11 bits per heavy atom. The van der Waals surface area contributed by atoms with E-state index in [2.05, 4.69) is 5.32 Å². The number of carbonyl (C=O) groups is 1. The molecule has 2 aromatic carbocycles. The van der Waals surface area contributed by atoms with Gasteiger partial charge in [-0.3, -0.25) is 4.79 Å². The monoisotopic (exact) mass is 390 g/mol. The van der Waals surface area contributed by atoms with Crippen LogP contribution in [0.1, 0.15) is 5.56 Å². The van der Waals surface area contributed by atoms with Gasteiger partial charge in [-0.25, -0.2) is 8.70 Å². The Balaban J connectivity index is 2.20. The van der Waals surface area contributed by atoms with Crippen LogP contribution in [0.2, 0.25) is 0 Å². The summed E-state index contributed by atoms with van der Waals surface area (Å²) in [4.78, 5) is 12.4. The highest BCUT2D eigenvalue weighted by atomic mass is 32.2. The molecule has 9 heteroatoms. The molecule has 0 bridgehead atoms. The largest absolute Gasteiger partial charge is 0.325 e. The average molecular weight is 390 g/mol. The van der Waals surface area contributed by atoms with Gasteiger partial charge in [0.1, 0.15) is 12.4 Å². The molecule has 0 saturated carbocycles. The van der Waals surface area contributed by atoms with Gasteiger partial charge in [0.05, 0.1) is 18.2 Å². The van der Waals surface area contributed by atoms with Crippen molar-refractivity contribution in [3.05, 3.63) is 59.9 Å². The van der Waals surface area contributed by atoms with E-state index in [1.54, 1.807) is 24.3 Å². The first-order chi connectivity index (χ1) is 12.7. The van der Waals surface area contributed by atoms with Gasteiger partial charge in [-0.05, 0) is 42.0 Å². The van der Waals surface area contributed by atoms with Crippen LogP contribution in [0.15, 0.2) is 48.5 Å². The van der Waals surface area contributed by atoms with E-state index in [9.17, 15) is 17.6 Å². The Morgan fingerprint density at radius 3 is 2.22 bits per heavy atom. The highest BCUT2D eigenvalue weighted by molar-refractivity contribution is 7.90. The molecule has 0 aromatic heterocycles. The SMILES string of the molecule is CN(C)S(=O)(=O)N(CC(=O)Nc1ccc(CC#N)cc1)c1ccc(F)cc1. The third kappa shape index (κ3) is 5.26. The third-order valence-electron chi connectivity index (χ3n) is 3.66. The van der Waals surface area contributed by atoms with E-state index >= 15 is 0 Å². The van der Waals surface area contributed by atoms with Crippen molar-refractivity contribution in [3.63, 3.8) is 0 Å². The van der Waals surface area contributed by atoms with Crippen LogP contribution in [-0.4, -0.2) is 39.3 Å². The summed E-state index contributed by atoms with van der Waals surface area (Å²) in [5.41, 5.74) is 1.45. The maximum Gasteiger partial charge on any atom is 0.304 e. The molecule has 27 heavy (non-hydrogen) atoms. The van der Waals surface area contributed by atoms with Gasteiger partial charge in [0.15, 0.2) is 0 Å². The van der Waals surface area contributed by atoms with E-state index < -0.39 is 28.5 Å². The Hall–Kier alpha value is -2.96. The first kappa shape index (κ1) is 20.4. The first-order valence-electron chi connectivity index (χ1n) is 7.95. The van der Waals surface area contributed by atoms with Crippen LogP contribution in [0, 0.1) is 17.1 Å². The van der Waals surface area contributed by atoms with Crippen LogP contribution in [0.5, 0.6) is 0 Å². The molecular weight excluding hydrogens is 371 g/mol. The fourth-order valence-corrected chi connectivity index (χ4v) is 3.30. The molecule has 142 valence electrons. The number of nitrogens with zero attached hydrogens (tertiary/aromatic N) is 3. The number of rotatable bonds is 7. The molecule has 1 amide bonds. The normalized spacial score (nSPS) is 11.1. The van der Waals surface area contributed by atoms with Crippen molar-refractivity contribution in [1.29, 1.82) is 5.26 Å². The van der Waals surface area contributed by atoms with Gasteiger partial charge in [0, 0.05) is 19.8 Å². The quantitative estimate of drug-likeness (QED) is 0.784. The summed E-state index contributed by atoms with van der Waals surface area (Å²) in [6, 6.07) is 13.5. The summed E-state index contributed by atoms with van der Waals surface area (Å²) in [5.74, 6) is -1.07. The van der Waals surface area contributed by atoms with E-state index in [1.165, 1.54) is 26.2 Å². The molecule has 0 aliphatic carbocycles. The smallest absolute Gasteiger partial charge is 0.304 e. The lowest BCUT2D eigenvalue weighted by Gasteiger charge is -2.26. The standard InChI is InChI=1S/C18H19FN4O3S/c1-22(2)27(25,26)23(17-9-5-15(19)6-10-17)13-18(24)21-16-7-3-14(4-8-16)11-12-20/h3-10H,11,13H2,1-2H3,(H,21,24). The first-order valence-corrected chi connectivity index (χ1v) is 9.35. The van der Waals surface area contributed by atoms with Crippen molar-refractivity contribution in [1.82, 2.24) is 4.31 Å². The minimum atomic E-state index is -3.96. The van der Waals surface area contributed by atoms with Gasteiger partial charge in [-0.2, -0.15) is 18.0 Å². The Kier molecular flexibility index (Phi) is 6.50. The Morgan fingerprint density at radius 2 is 1.70 bits per heavy atom. The second-order valence-corrected chi connectivity index (χ2v) is 7.92. The summed E-state index contributed by atoms with van der Waals surface area (Å²) in [6.07, 6.45) is 0.258. The molecule has 2 rings (SSSR count). The van der Waals surface area contributed by atoms with Gasteiger partial charge >= 0.3 is 10.2 Å². The fraction of sp³-hybridized carbons (Fsp3) is 0.222. The number of amides is 1. The fourth-order valence-electron chi connectivity index (χ4n) is 2.24. The minimum absolute atomic E-state index is 0.171. The lowest BCUT2D eigenvalue weighted by Crippen LogP contribution is -2.44. The van der Waals surface area contributed by atoms with Crippen molar-refractivity contribution in [3.8, 4) is 6.07 Å². The molecule has 0 spiro atoms. The zero-order valence-corrected chi connectivity index (χ0v) is 15.7. The summed E-state index contributed by atoms with van der Waals surface area (Å²) in [5, 5.41) is 11.3. The molecule has 0 saturated heterocycles. The van der Waals surface area contributed by atoms with Crippen molar-refractivity contribution in [2.24, 2.45) is 0 Å². The van der Waals surface area contributed by atoms with E-state index in [1.807, 2.05) is 6.07 Å². The number of hydrogen-bond acceptors (Lipinski definition) is 4. The molecule has 0 fully saturated rings. The van der Waals surface area contributed by atoms with Crippen LogP contribution < -0.4 is 9.62 Å². The van der Waals surface area contributed by atoms with E-state index in [0.29, 0.717) is 5.69 Å². The van der Waals surface area contributed by atoms with Crippen LogP contribution >= 0.6 is 0 Å². The average Bonchev–Trinajstić information content (AvgIpc) is 2.62. The molecule has 0 atom stereocenters. The molecule has 0 heterocycles. The molecule has 7 nitrogen and oxygen atoms in total. The maximum absolute atomic E-state index is 13.2. The van der Waals surface area contributed by atoms with Crippen LogP contribution in [0.4, 0.5) is 15.8 Å². The van der Waals surface area contributed by atoms with Gasteiger partial charge in [-0.15, -0.1) is 0 Å². The predicted molar refractivity (Wildman–Crippen MR) is 101 cm³/mol. The summed E-state index contributed by atoms with van der Waals surface area (Å²) < 4.78 is 40.2. The zero-order valence-electron chi connectivity index (χ0n) is 14.9. The second-order valence-electron chi connectivity index (χ2n) is 5.85. The number of carbonyl (C=O) groups excluding carboxylic acids is 1. The number of nitrogens with one attached hydrogen (secondary N) is 1. The van der Waals surface area contributed by atoms with Gasteiger partial charge in [0.2, 0.25) is 5.91 Å².